The van der Waals surface area contributed by atoms with Crippen LogP contribution in [-0.4, -0.2) is 25.2 Å². The van der Waals surface area contributed by atoms with Crippen molar-refractivity contribution in [1.82, 2.24) is 24.6 Å². The second kappa shape index (κ2) is 6.01. The average Bonchev–Trinajstić information content (AvgIpc) is 3.08. The van der Waals surface area contributed by atoms with Gasteiger partial charge in [0.25, 0.3) is 0 Å². The summed E-state index contributed by atoms with van der Waals surface area (Å²) in [5.74, 6) is 1.61. The standard InChI is InChI=1S/C16H19N5O/c1-12-18-19-15(20(12)2)11-17-16(22)8-10-21-9-7-13-5-3-4-6-14(13)21/h3-7,9H,8,10-11H2,1-2H3,(H,17,22). The van der Waals surface area contributed by atoms with Gasteiger partial charge in [-0.15, -0.1) is 10.2 Å². The Morgan fingerprint density at radius 1 is 1.23 bits per heavy atom. The molecule has 22 heavy (non-hydrogen) atoms. The molecule has 1 amide bonds. The molecule has 6 heteroatoms. The van der Waals surface area contributed by atoms with Crippen molar-refractivity contribution in [1.29, 1.82) is 0 Å². The summed E-state index contributed by atoms with van der Waals surface area (Å²) in [6.45, 7) is 2.95. The second-order valence-electron chi connectivity index (χ2n) is 5.32. The number of rotatable bonds is 5. The summed E-state index contributed by atoms with van der Waals surface area (Å²) in [6, 6.07) is 10.2. The van der Waals surface area contributed by atoms with Crippen LogP contribution in [0.25, 0.3) is 10.9 Å². The van der Waals surface area contributed by atoms with Crippen LogP contribution in [0.5, 0.6) is 0 Å². The first-order valence-corrected chi connectivity index (χ1v) is 7.30. The van der Waals surface area contributed by atoms with Gasteiger partial charge in [-0.05, 0) is 24.4 Å². The smallest absolute Gasteiger partial charge is 0.222 e. The number of amides is 1. The van der Waals surface area contributed by atoms with E-state index in [1.54, 1.807) is 0 Å². The molecule has 0 saturated heterocycles. The summed E-state index contributed by atoms with van der Waals surface area (Å²) in [6.07, 6.45) is 2.46. The Morgan fingerprint density at radius 2 is 2.05 bits per heavy atom. The summed E-state index contributed by atoms with van der Waals surface area (Å²) < 4.78 is 3.97. The summed E-state index contributed by atoms with van der Waals surface area (Å²) >= 11 is 0. The molecular formula is C16H19N5O. The summed E-state index contributed by atoms with van der Waals surface area (Å²) in [7, 11) is 1.89. The molecular weight excluding hydrogens is 278 g/mol. The van der Waals surface area contributed by atoms with Crippen LogP contribution in [0, 0.1) is 6.92 Å². The number of fused-ring (bicyclic) bond motifs is 1. The Morgan fingerprint density at radius 3 is 2.82 bits per heavy atom. The van der Waals surface area contributed by atoms with Crippen molar-refractivity contribution in [2.24, 2.45) is 7.05 Å². The van der Waals surface area contributed by atoms with Crippen molar-refractivity contribution >= 4 is 16.8 Å². The van der Waals surface area contributed by atoms with Crippen LogP contribution in [0.3, 0.4) is 0 Å². The van der Waals surface area contributed by atoms with Gasteiger partial charge in [-0.25, -0.2) is 0 Å². The first kappa shape index (κ1) is 14.3. The molecule has 0 fully saturated rings. The van der Waals surface area contributed by atoms with Crippen LogP contribution in [0.15, 0.2) is 36.5 Å². The first-order chi connectivity index (χ1) is 10.6. The van der Waals surface area contributed by atoms with Crippen molar-refractivity contribution in [3.05, 3.63) is 48.2 Å². The predicted molar refractivity (Wildman–Crippen MR) is 84.1 cm³/mol. The molecule has 3 rings (SSSR count). The average molecular weight is 297 g/mol. The molecule has 0 aliphatic rings. The Labute approximate surface area is 128 Å². The van der Waals surface area contributed by atoms with E-state index in [1.807, 2.05) is 36.9 Å². The molecule has 0 bridgehead atoms. The van der Waals surface area contributed by atoms with Gasteiger partial charge in [-0.1, -0.05) is 18.2 Å². The third-order valence-electron chi connectivity index (χ3n) is 3.89. The van der Waals surface area contributed by atoms with E-state index in [9.17, 15) is 4.79 Å². The van der Waals surface area contributed by atoms with Crippen molar-refractivity contribution < 1.29 is 4.79 Å². The molecule has 2 heterocycles. The summed E-state index contributed by atoms with van der Waals surface area (Å²) in [4.78, 5) is 12.0. The minimum absolute atomic E-state index is 0.0124. The van der Waals surface area contributed by atoms with Crippen molar-refractivity contribution in [3.63, 3.8) is 0 Å². The molecule has 0 aliphatic carbocycles. The third-order valence-corrected chi connectivity index (χ3v) is 3.89. The van der Waals surface area contributed by atoms with Gasteiger partial charge < -0.3 is 14.5 Å². The Bertz CT molecular complexity index is 802. The van der Waals surface area contributed by atoms with E-state index >= 15 is 0 Å². The fourth-order valence-corrected chi connectivity index (χ4v) is 2.43. The molecule has 1 aromatic carbocycles. The number of para-hydroxylation sites is 1. The molecule has 2 aromatic heterocycles. The molecule has 0 saturated carbocycles. The number of hydrogen-bond donors (Lipinski definition) is 1. The van der Waals surface area contributed by atoms with Crippen molar-refractivity contribution in [2.75, 3.05) is 0 Å². The number of carbonyl (C=O) groups is 1. The van der Waals surface area contributed by atoms with Crippen LogP contribution in [0.4, 0.5) is 0 Å². The van der Waals surface area contributed by atoms with Gasteiger partial charge in [0.15, 0.2) is 5.82 Å². The topological polar surface area (TPSA) is 64.7 Å². The monoisotopic (exact) mass is 297 g/mol. The zero-order chi connectivity index (χ0) is 15.5. The van der Waals surface area contributed by atoms with Crippen LogP contribution in [0.2, 0.25) is 0 Å². The number of benzene rings is 1. The lowest BCUT2D eigenvalue weighted by atomic mass is 10.2. The quantitative estimate of drug-likeness (QED) is 0.781. The highest BCUT2D eigenvalue weighted by Crippen LogP contribution is 2.15. The van der Waals surface area contributed by atoms with Crippen LogP contribution in [0.1, 0.15) is 18.1 Å². The van der Waals surface area contributed by atoms with Gasteiger partial charge in [0.05, 0.1) is 6.54 Å². The lowest BCUT2D eigenvalue weighted by Gasteiger charge is -2.07. The van der Waals surface area contributed by atoms with Crippen molar-refractivity contribution in [2.45, 2.75) is 26.4 Å². The minimum atomic E-state index is 0.0124. The van der Waals surface area contributed by atoms with Gasteiger partial charge in [0.2, 0.25) is 5.91 Å². The van der Waals surface area contributed by atoms with E-state index in [-0.39, 0.29) is 5.91 Å². The van der Waals surface area contributed by atoms with E-state index in [0.717, 1.165) is 17.2 Å². The van der Waals surface area contributed by atoms with Gasteiger partial charge in [0.1, 0.15) is 5.82 Å². The first-order valence-electron chi connectivity index (χ1n) is 7.30. The maximum absolute atomic E-state index is 12.0. The highest BCUT2D eigenvalue weighted by atomic mass is 16.1. The minimum Gasteiger partial charge on any atom is -0.349 e. The Balaban J connectivity index is 1.55. The number of carbonyl (C=O) groups excluding carboxylic acids is 1. The molecule has 0 unspecified atom stereocenters. The molecule has 114 valence electrons. The van der Waals surface area contributed by atoms with Gasteiger partial charge in [-0.2, -0.15) is 0 Å². The van der Waals surface area contributed by atoms with Gasteiger partial charge in [0, 0.05) is 31.7 Å². The van der Waals surface area contributed by atoms with Crippen LogP contribution < -0.4 is 5.32 Å². The van der Waals surface area contributed by atoms with Crippen LogP contribution >= 0.6 is 0 Å². The summed E-state index contributed by atoms with van der Waals surface area (Å²) in [5.41, 5.74) is 1.15. The largest absolute Gasteiger partial charge is 0.349 e. The van der Waals surface area contributed by atoms with E-state index in [2.05, 4.69) is 38.3 Å². The number of hydrogen-bond acceptors (Lipinski definition) is 3. The third kappa shape index (κ3) is 2.86. The Kier molecular flexibility index (Phi) is 3.91. The zero-order valence-corrected chi connectivity index (χ0v) is 12.8. The number of nitrogens with one attached hydrogen (secondary N) is 1. The molecule has 6 nitrogen and oxygen atoms in total. The SMILES string of the molecule is Cc1nnc(CNC(=O)CCn2ccc3ccccc32)n1C. The lowest BCUT2D eigenvalue weighted by Crippen LogP contribution is -2.25. The molecule has 1 N–H and O–H groups in total. The second-order valence-corrected chi connectivity index (χ2v) is 5.32. The number of aromatic nitrogens is 4. The number of nitrogens with zero attached hydrogens (tertiary/aromatic N) is 4. The highest BCUT2D eigenvalue weighted by molar-refractivity contribution is 5.80. The molecule has 0 radical (unpaired) electrons. The normalized spacial score (nSPS) is 11.0. The predicted octanol–water partition coefficient (Wildman–Crippen LogP) is 1.78. The maximum atomic E-state index is 12.0. The molecule has 0 aliphatic heterocycles. The fraction of sp³-hybridized carbons (Fsp3) is 0.312. The van der Waals surface area contributed by atoms with E-state index in [4.69, 9.17) is 0 Å². The Hall–Kier alpha value is -2.63. The lowest BCUT2D eigenvalue weighted by molar-refractivity contribution is -0.121. The molecule has 0 atom stereocenters. The van der Waals surface area contributed by atoms with E-state index in [1.165, 1.54) is 5.39 Å². The number of aryl methyl sites for hydroxylation is 2. The molecule has 3 aromatic rings. The van der Waals surface area contributed by atoms with Crippen LogP contribution in [-0.2, 0) is 24.9 Å². The van der Waals surface area contributed by atoms with Gasteiger partial charge >= 0.3 is 0 Å². The fourth-order valence-electron chi connectivity index (χ4n) is 2.43. The van der Waals surface area contributed by atoms with Crippen molar-refractivity contribution in [3.8, 4) is 0 Å². The van der Waals surface area contributed by atoms with E-state index < -0.39 is 0 Å². The van der Waals surface area contributed by atoms with E-state index in [0.29, 0.717) is 19.5 Å². The zero-order valence-electron chi connectivity index (χ0n) is 12.8. The maximum Gasteiger partial charge on any atom is 0.222 e. The molecule has 0 spiro atoms. The highest BCUT2D eigenvalue weighted by Gasteiger charge is 2.08. The summed E-state index contributed by atoms with van der Waals surface area (Å²) in [5, 5.41) is 12.1. The van der Waals surface area contributed by atoms with Gasteiger partial charge in [-0.3, -0.25) is 4.79 Å².